The Bertz CT molecular complexity index is 1150. The van der Waals surface area contributed by atoms with Crippen LogP contribution >= 0.6 is 0 Å². The van der Waals surface area contributed by atoms with Gasteiger partial charge < -0.3 is 29.6 Å². The Balaban J connectivity index is 1.28. The molecule has 5 atom stereocenters. The van der Waals surface area contributed by atoms with Crippen LogP contribution in [-0.2, 0) is 16.1 Å². The van der Waals surface area contributed by atoms with Crippen LogP contribution in [0.3, 0.4) is 0 Å². The number of aromatic nitrogens is 4. The summed E-state index contributed by atoms with van der Waals surface area (Å²) in [7, 11) is 0. The number of pyridine rings is 1. The number of hydrogen-bond acceptors (Lipinski definition) is 8. The van der Waals surface area contributed by atoms with Gasteiger partial charge in [-0.05, 0) is 37.5 Å². The van der Waals surface area contributed by atoms with Crippen molar-refractivity contribution in [1.82, 2.24) is 19.5 Å². The molecule has 0 amide bonds. The summed E-state index contributed by atoms with van der Waals surface area (Å²) in [5.74, 6) is 0.843. The minimum atomic E-state index is -0.896. The van der Waals surface area contributed by atoms with E-state index < -0.39 is 17.6 Å². The molecule has 9 nitrogen and oxygen atoms in total. The lowest BCUT2D eigenvalue weighted by Crippen LogP contribution is -2.37. The second-order valence-corrected chi connectivity index (χ2v) is 8.94. The highest BCUT2D eigenvalue weighted by molar-refractivity contribution is 5.78. The molecule has 1 spiro atoms. The minimum Gasteiger partial charge on any atom is -0.390 e. The summed E-state index contributed by atoms with van der Waals surface area (Å²) in [6.45, 7) is 3.32. The third-order valence-corrected chi connectivity index (χ3v) is 7.15. The van der Waals surface area contributed by atoms with Crippen molar-refractivity contribution in [3.05, 3.63) is 47.7 Å². The fraction of sp³-hybridized carbons (Fsp3) is 0.500. The van der Waals surface area contributed by atoms with E-state index in [1.807, 2.05) is 30.0 Å². The van der Waals surface area contributed by atoms with Gasteiger partial charge in [-0.15, -0.1) is 0 Å². The Morgan fingerprint density at radius 3 is 3.03 bits per heavy atom. The number of rotatable bonds is 2. The summed E-state index contributed by atoms with van der Waals surface area (Å²) in [4.78, 5) is 13.2. The van der Waals surface area contributed by atoms with Crippen LogP contribution in [0.5, 0.6) is 0 Å². The van der Waals surface area contributed by atoms with Crippen molar-refractivity contribution in [2.75, 3.05) is 18.7 Å². The number of anilines is 1. The van der Waals surface area contributed by atoms with E-state index >= 15 is 0 Å². The summed E-state index contributed by atoms with van der Waals surface area (Å²) in [5, 5.41) is 26.2. The molecule has 31 heavy (non-hydrogen) atoms. The van der Waals surface area contributed by atoms with Crippen LogP contribution in [0.15, 0.2) is 30.9 Å². The third kappa shape index (κ3) is 2.88. The second kappa shape index (κ2) is 6.96. The van der Waals surface area contributed by atoms with Crippen molar-refractivity contribution in [2.45, 2.75) is 50.7 Å². The van der Waals surface area contributed by atoms with E-state index in [1.165, 1.54) is 6.33 Å². The maximum atomic E-state index is 11.1. The molecule has 0 radical (unpaired) electrons. The number of aliphatic hydroxyl groups is 2. The summed E-state index contributed by atoms with van der Waals surface area (Å²) in [6.07, 6.45) is 4.59. The van der Waals surface area contributed by atoms with Crippen molar-refractivity contribution in [3.63, 3.8) is 0 Å². The largest absolute Gasteiger partial charge is 0.390 e. The fourth-order valence-electron chi connectivity index (χ4n) is 5.43. The van der Waals surface area contributed by atoms with Crippen molar-refractivity contribution in [2.24, 2.45) is 5.41 Å². The van der Waals surface area contributed by atoms with E-state index in [4.69, 9.17) is 9.47 Å². The molecule has 2 fully saturated rings. The van der Waals surface area contributed by atoms with Gasteiger partial charge in [0, 0.05) is 28.8 Å². The van der Waals surface area contributed by atoms with Gasteiger partial charge in [0.15, 0.2) is 0 Å². The number of aliphatic hydroxyl groups excluding tert-OH is 2. The fourth-order valence-corrected chi connectivity index (χ4v) is 5.43. The zero-order valence-corrected chi connectivity index (χ0v) is 17.2. The predicted molar refractivity (Wildman–Crippen MR) is 111 cm³/mol. The normalized spacial score (nSPS) is 32.5. The first-order chi connectivity index (χ1) is 15.1. The van der Waals surface area contributed by atoms with Crippen LogP contribution in [0.1, 0.15) is 41.8 Å². The number of nitrogens with zero attached hydrogens (tertiary/aromatic N) is 4. The lowest BCUT2D eigenvalue weighted by molar-refractivity contribution is -0.0309. The third-order valence-electron chi connectivity index (χ3n) is 7.15. The van der Waals surface area contributed by atoms with Crippen molar-refractivity contribution >= 4 is 16.9 Å². The van der Waals surface area contributed by atoms with Crippen LogP contribution in [0.4, 0.5) is 5.82 Å². The average molecular weight is 423 g/mol. The predicted octanol–water partition coefficient (Wildman–Crippen LogP) is 1.85. The molecule has 3 aromatic heterocycles. The van der Waals surface area contributed by atoms with Gasteiger partial charge in [-0.25, -0.2) is 15.0 Å². The van der Waals surface area contributed by atoms with E-state index in [-0.39, 0.29) is 12.1 Å². The van der Waals surface area contributed by atoms with E-state index in [1.54, 1.807) is 0 Å². The van der Waals surface area contributed by atoms with Gasteiger partial charge in [-0.1, -0.05) is 0 Å². The molecule has 1 saturated carbocycles. The number of nitrogens with one attached hydrogen (secondary N) is 1. The Morgan fingerprint density at radius 1 is 1.23 bits per heavy atom. The molecule has 0 bridgehead atoms. The highest BCUT2D eigenvalue weighted by Crippen LogP contribution is 2.54. The highest BCUT2D eigenvalue weighted by atomic mass is 16.5. The van der Waals surface area contributed by atoms with E-state index in [9.17, 15) is 10.2 Å². The summed E-state index contributed by atoms with van der Waals surface area (Å²) in [5.41, 5.74) is 3.14. The van der Waals surface area contributed by atoms with Crippen LogP contribution in [0.25, 0.3) is 11.0 Å². The molecular weight excluding hydrogens is 398 g/mol. The first kappa shape index (κ1) is 19.1. The Labute approximate surface area is 179 Å². The average Bonchev–Trinajstić information content (AvgIpc) is 3.48. The summed E-state index contributed by atoms with van der Waals surface area (Å²) < 4.78 is 13.6. The number of hydrogen-bond donors (Lipinski definition) is 3. The quantitative estimate of drug-likeness (QED) is 0.572. The van der Waals surface area contributed by atoms with Crippen molar-refractivity contribution < 1.29 is 19.7 Å². The summed E-state index contributed by atoms with van der Waals surface area (Å²) >= 11 is 0. The van der Waals surface area contributed by atoms with Gasteiger partial charge in [-0.2, -0.15) is 0 Å². The molecule has 5 unspecified atom stereocenters. The van der Waals surface area contributed by atoms with Gasteiger partial charge >= 0.3 is 0 Å². The SMILES string of the molecule is Cc1ncnc2c1ccn2C1CC2(COC(c3cnc4c(c3)COCN4)C2)C(O)C1O. The summed E-state index contributed by atoms with van der Waals surface area (Å²) in [6, 6.07) is 3.76. The van der Waals surface area contributed by atoms with Gasteiger partial charge in [0.2, 0.25) is 0 Å². The molecule has 2 aliphatic heterocycles. The molecule has 1 aliphatic carbocycles. The molecule has 5 heterocycles. The Hall–Kier alpha value is -2.59. The second-order valence-electron chi connectivity index (χ2n) is 8.94. The molecule has 3 aromatic rings. The zero-order chi connectivity index (χ0) is 21.2. The monoisotopic (exact) mass is 423 g/mol. The van der Waals surface area contributed by atoms with Gasteiger partial charge in [-0.3, -0.25) is 0 Å². The molecule has 1 saturated heterocycles. The van der Waals surface area contributed by atoms with Gasteiger partial charge in [0.05, 0.1) is 37.2 Å². The van der Waals surface area contributed by atoms with Crippen molar-refractivity contribution in [1.29, 1.82) is 0 Å². The lowest BCUT2D eigenvalue weighted by atomic mass is 9.80. The first-order valence-corrected chi connectivity index (χ1v) is 10.6. The molecule has 162 valence electrons. The lowest BCUT2D eigenvalue weighted by Gasteiger charge is -2.26. The smallest absolute Gasteiger partial charge is 0.143 e. The van der Waals surface area contributed by atoms with Gasteiger partial charge in [0.25, 0.3) is 0 Å². The Kier molecular flexibility index (Phi) is 4.29. The van der Waals surface area contributed by atoms with Crippen LogP contribution in [0.2, 0.25) is 0 Å². The van der Waals surface area contributed by atoms with Gasteiger partial charge in [0.1, 0.15) is 30.6 Å². The molecule has 6 rings (SSSR count). The van der Waals surface area contributed by atoms with Crippen LogP contribution < -0.4 is 5.32 Å². The van der Waals surface area contributed by atoms with Crippen molar-refractivity contribution in [3.8, 4) is 0 Å². The molecule has 3 aliphatic rings. The zero-order valence-electron chi connectivity index (χ0n) is 17.2. The number of ether oxygens (including phenoxy) is 2. The molecule has 3 N–H and O–H groups in total. The minimum absolute atomic E-state index is 0.175. The van der Waals surface area contributed by atoms with Crippen LogP contribution in [0, 0.1) is 12.3 Å². The number of fused-ring (bicyclic) bond motifs is 2. The van der Waals surface area contributed by atoms with E-state index in [0.29, 0.717) is 32.8 Å². The number of aryl methyl sites for hydroxylation is 1. The first-order valence-electron chi connectivity index (χ1n) is 10.6. The molecular formula is C22H25N5O4. The molecule has 9 heteroatoms. The standard InChI is InChI=1S/C22H25N5O4/c1-12-15-2-3-27(21(15)25-10-24-12)16-5-22(19(29)18(16)28)6-17(31-9-22)13-4-14-8-30-11-26-20(14)23-7-13/h2-4,7,10,16-19,28-29H,5-6,8-9,11H2,1H3,(H,23,26). The van der Waals surface area contributed by atoms with E-state index in [0.717, 1.165) is 33.7 Å². The van der Waals surface area contributed by atoms with E-state index in [2.05, 4.69) is 26.3 Å². The maximum absolute atomic E-state index is 11.1. The highest BCUT2D eigenvalue weighted by Gasteiger charge is 2.57. The van der Waals surface area contributed by atoms with Crippen LogP contribution in [-0.4, -0.2) is 55.3 Å². The molecule has 0 aromatic carbocycles. The maximum Gasteiger partial charge on any atom is 0.143 e. The topological polar surface area (TPSA) is 115 Å². The Morgan fingerprint density at radius 2 is 2.13 bits per heavy atom.